The maximum atomic E-state index is 14.1. The van der Waals surface area contributed by atoms with Crippen molar-refractivity contribution < 1.29 is 44.2 Å². The SMILES string of the molecule is Cc1ccc(S(=O)(=O)CC(CS(=O)(=O)c2ccc(C)cc2)C(=O)c2ccc(C(=O)N(CCCS(=O)(=O)O)CCC(=O)N3Cc4ccccc4C#Cc4ccccc43)cc2)cc1. The van der Waals surface area contributed by atoms with Crippen LogP contribution in [-0.2, 0) is 41.1 Å². The van der Waals surface area contributed by atoms with Gasteiger partial charge in [0.25, 0.3) is 16.0 Å². The molecule has 15 heteroatoms. The molecule has 0 atom stereocenters. The summed E-state index contributed by atoms with van der Waals surface area (Å²) in [5, 5.41) is 0. The molecule has 316 valence electrons. The second-order valence-corrected chi connectivity index (χ2v) is 20.6. The van der Waals surface area contributed by atoms with Gasteiger partial charge < -0.3 is 9.80 Å². The van der Waals surface area contributed by atoms with E-state index in [9.17, 15) is 44.2 Å². The van der Waals surface area contributed by atoms with E-state index in [0.717, 1.165) is 22.3 Å². The zero-order chi connectivity index (χ0) is 44.0. The second-order valence-electron chi connectivity index (χ2n) is 14.9. The van der Waals surface area contributed by atoms with Crippen LogP contribution < -0.4 is 4.90 Å². The number of benzene rings is 5. The average molecular weight is 881 g/mol. The third kappa shape index (κ3) is 11.5. The summed E-state index contributed by atoms with van der Waals surface area (Å²) in [6, 6.07) is 32.0. The van der Waals surface area contributed by atoms with Crippen LogP contribution in [0.2, 0.25) is 0 Å². The van der Waals surface area contributed by atoms with Gasteiger partial charge in [-0.1, -0.05) is 89.7 Å². The number of aryl methyl sites for hydroxylation is 2. The molecular weight excluding hydrogens is 837 g/mol. The summed E-state index contributed by atoms with van der Waals surface area (Å²) in [6.45, 7) is 3.51. The van der Waals surface area contributed by atoms with Crippen molar-refractivity contribution >= 4 is 53.1 Å². The maximum absolute atomic E-state index is 14.1. The summed E-state index contributed by atoms with van der Waals surface area (Å²) in [5.74, 6) is 0.868. The molecule has 0 aliphatic carbocycles. The predicted octanol–water partition coefficient (Wildman–Crippen LogP) is 6.11. The quantitative estimate of drug-likeness (QED) is 0.0691. The van der Waals surface area contributed by atoms with E-state index in [-0.39, 0.29) is 59.3 Å². The monoisotopic (exact) mass is 880 g/mol. The molecule has 0 fully saturated rings. The van der Waals surface area contributed by atoms with Gasteiger partial charge in [0.15, 0.2) is 25.5 Å². The van der Waals surface area contributed by atoms with Crippen molar-refractivity contribution in [3.63, 3.8) is 0 Å². The topological polar surface area (TPSA) is 180 Å². The molecule has 0 saturated heterocycles. The molecule has 0 radical (unpaired) electrons. The van der Waals surface area contributed by atoms with Gasteiger partial charge in [-0.15, -0.1) is 0 Å². The first kappa shape index (κ1) is 44.6. The third-order valence-electron chi connectivity index (χ3n) is 10.3. The van der Waals surface area contributed by atoms with Gasteiger partial charge in [0, 0.05) is 41.8 Å². The summed E-state index contributed by atoms with van der Waals surface area (Å²) in [4.78, 5) is 44.9. The Labute approximate surface area is 356 Å². The maximum Gasteiger partial charge on any atom is 0.264 e. The Morgan fingerprint density at radius 2 is 1.16 bits per heavy atom. The molecule has 1 N–H and O–H groups in total. The van der Waals surface area contributed by atoms with Crippen molar-refractivity contribution in [2.24, 2.45) is 5.92 Å². The molecule has 1 aliphatic rings. The number of carbonyl (C=O) groups excluding carboxylic acids is 3. The van der Waals surface area contributed by atoms with Crippen LogP contribution in [0.5, 0.6) is 0 Å². The van der Waals surface area contributed by atoms with Crippen molar-refractivity contribution in [3.8, 4) is 11.8 Å². The van der Waals surface area contributed by atoms with E-state index in [1.165, 1.54) is 53.4 Å². The van der Waals surface area contributed by atoms with Gasteiger partial charge in [0.2, 0.25) is 5.91 Å². The predicted molar refractivity (Wildman–Crippen MR) is 232 cm³/mol. The van der Waals surface area contributed by atoms with Crippen molar-refractivity contribution in [3.05, 3.63) is 160 Å². The van der Waals surface area contributed by atoms with Gasteiger partial charge in [-0.2, -0.15) is 8.42 Å². The summed E-state index contributed by atoms with van der Waals surface area (Å²) in [5.41, 5.74) is 4.49. The lowest BCUT2D eigenvalue weighted by Gasteiger charge is -2.28. The fourth-order valence-electron chi connectivity index (χ4n) is 6.93. The van der Waals surface area contributed by atoms with E-state index in [2.05, 4.69) is 11.8 Å². The fraction of sp³-hybridized carbons (Fsp3) is 0.239. The van der Waals surface area contributed by atoms with E-state index in [1.54, 1.807) is 55.1 Å². The Balaban J connectivity index is 1.24. The minimum absolute atomic E-state index is 0.0352. The molecule has 2 amide bonds. The van der Waals surface area contributed by atoms with Gasteiger partial charge in [-0.3, -0.25) is 18.9 Å². The van der Waals surface area contributed by atoms with Gasteiger partial charge in [-0.25, -0.2) is 16.8 Å². The second kappa shape index (κ2) is 18.8. The summed E-state index contributed by atoms with van der Waals surface area (Å²) < 4.78 is 87.0. The van der Waals surface area contributed by atoms with Crippen molar-refractivity contribution in [1.82, 2.24) is 4.90 Å². The van der Waals surface area contributed by atoms with Crippen molar-refractivity contribution in [2.75, 3.05) is 35.2 Å². The molecule has 5 aromatic carbocycles. The molecule has 0 saturated carbocycles. The van der Waals surface area contributed by atoms with Crippen LogP contribution in [0.15, 0.2) is 131 Å². The van der Waals surface area contributed by atoms with Crippen LogP contribution in [0.3, 0.4) is 0 Å². The van der Waals surface area contributed by atoms with Gasteiger partial charge in [0.05, 0.1) is 45.2 Å². The number of hydrogen-bond acceptors (Lipinski definition) is 9. The third-order valence-corrected chi connectivity index (χ3v) is 14.7. The number of nitrogens with zero attached hydrogens (tertiary/aromatic N) is 2. The van der Waals surface area contributed by atoms with Crippen LogP contribution in [0.4, 0.5) is 5.69 Å². The summed E-state index contributed by atoms with van der Waals surface area (Å²) in [7, 11) is -12.7. The highest BCUT2D eigenvalue weighted by atomic mass is 32.2. The molecule has 12 nitrogen and oxygen atoms in total. The molecule has 5 aromatic rings. The van der Waals surface area contributed by atoms with Crippen LogP contribution in [-0.4, -0.2) is 82.7 Å². The van der Waals surface area contributed by atoms with Gasteiger partial charge in [-0.05, 0) is 80.4 Å². The number of sulfone groups is 2. The highest BCUT2D eigenvalue weighted by molar-refractivity contribution is 7.92. The Kier molecular flexibility index (Phi) is 13.7. The standard InChI is InChI=1S/C46H44N2O10S3/c1-33-12-22-41(23-13-33)59(52,53)31-40(32-60(54,55)42-24-14-34(2)15-25-42)45(50)37-18-20-38(21-19-37)46(51)47(27-7-29-61(56,57)58)28-26-44(49)48-30-39-10-4-3-8-35(39)16-17-36-9-5-6-11-43(36)48/h3-6,8-15,18-25,40H,7,26-32H2,1-2H3,(H,56,57,58). The number of fused-ring (bicyclic) bond motifs is 2. The highest BCUT2D eigenvalue weighted by Gasteiger charge is 2.33. The molecule has 0 bridgehead atoms. The Morgan fingerprint density at radius 3 is 1.74 bits per heavy atom. The number of carbonyl (C=O) groups is 3. The minimum Gasteiger partial charge on any atom is -0.338 e. The minimum atomic E-state index is -4.37. The van der Waals surface area contributed by atoms with E-state index < -0.39 is 64.7 Å². The molecule has 0 unspecified atom stereocenters. The summed E-state index contributed by atoms with van der Waals surface area (Å²) >= 11 is 0. The van der Waals surface area contributed by atoms with Gasteiger partial charge in [0.1, 0.15) is 0 Å². The number of rotatable bonds is 16. The molecule has 1 heterocycles. The molecule has 0 aromatic heterocycles. The number of Topliss-reactive ketones (excluding diaryl/α,β-unsaturated/α-hetero) is 1. The largest absolute Gasteiger partial charge is 0.338 e. The number of hydrogen-bond donors (Lipinski definition) is 1. The molecular formula is C46H44N2O10S3. The smallest absolute Gasteiger partial charge is 0.264 e. The van der Waals surface area contributed by atoms with Crippen LogP contribution in [0.25, 0.3) is 0 Å². The summed E-state index contributed by atoms with van der Waals surface area (Å²) in [6.07, 6.45) is -0.303. The highest BCUT2D eigenvalue weighted by Crippen LogP contribution is 2.27. The lowest BCUT2D eigenvalue weighted by molar-refractivity contribution is -0.119. The van der Waals surface area contributed by atoms with E-state index in [4.69, 9.17) is 0 Å². The van der Waals surface area contributed by atoms with E-state index >= 15 is 0 Å². The molecule has 0 spiro atoms. The molecule has 61 heavy (non-hydrogen) atoms. The average Bonchev–Trinajstić information content (AvgIpc) is 3.22. The van der Waals surface area contributed by atoms with Gasteiger partial charge >= 0.3 is 0 Å². The Morgan fingerprint density at radius 1 is 0.656 bits per heavy atom. The first-order chi connectivity index (χ1) is 28.9. The lowest BCUT2D eigenvalue weighted by Crippen LogP contribution is -2.38. The number of amides is 2. The van der Waals surface area contributed by atoms with E-state index in [0.29, 0.717) is 11.3 Å². The van der Waals surface area contributed by atoms with E-state index in [1.807, 2.05) is 36.4 Å². The Hall–Kier alpha value is -5.92. The van der Waals surface area contributed by atoms with Crippen molar-refractivity contribution in [2.45, 2.75) is 43.0 Å². The van der Waals surface area contributed by atoms with Crippen LogP contribution >= 0.6 is 0 Å². The molecule has 1 aliphatic heterocycles. The number of ketones is 1. The normalized spacial score (nSPS) is 12.6. The zero-order valence-electron chi connectivity index (χ0n) is 33.5. The number of para-hydroxylation sites is 1. The lowest BCUT2D eigenvalue weighted by atomic mass is 9.99. The van der Waals surface area contributed by atoms with Crippen LogP contribution in [0.1, 0.15) is 61.4 Å². The fourth-order valence-corrected chi connectivity index (χ4v) is 10.7. The van der Waals surface area contributed by atoms with Crippen molar-refractivity contribution in [1.29, 1.82) is 0 Å². The molecule has 6 rings (SSSR count). The number of anilines is 1. The first-order valence-electron chi connectivity index (χ1n) is 19.4. The Bertz CT molecular complexity index is 2770. The first-order valence-corrected chi connectivity index (χ1v) is 24.3. The van der Waals surface area contributed by atoms with Crippen LogP contribution in [0, 0.1) is 31.6 Å². The zero-order valence-corrected chi connectivity index (χ0v) is 36.0.